The predicted molar refractivity (Wildman–Crippen MR) is 62.4 cm³/mol. The molecule has 0 aromatic heterocycles. The summed E-state index contributed by atoms with van der Waals surface area (Å²) >= 11 is 0. The Kier molecular flexibility index (Phi) is 2.70. The number of rotatable bonds is 2. The lowest BCUT2D eigenvalue weighted by Crippen LogP contribution is -2.12. The van der Waals surface area contributed by atoms with Gasteiger partial charge in [-0.05, 0) is 42.4 Å². The molecule has 1 saturated heterocycles. The fourth-order valence-corrected chi connectivity index (χ4v) is 2.85. The number of aliphatic hydroxyl groups excluding tert-OH is 1. The first kappa shape index (κ1) is 10.3. The Balaban J connectivity index is 1.83. The van der Waals surface area contributed by atoms with Gasteiger partial charge in [-0.1, -0.05) is 18.2 Å². The standard InChI is InChI=1S/C14H18O2/c15-14(13-6-7-16-9-13)12-5-4-10-2-1-3-11(10)8-12/h4-5,8,13-15H,1-3,6-7,9H2. The summed E-state index contributed by atoms with van der Waals surface area (Å²) < 4.78 is 5.33. The van der Waals surface area contributed by atoms with Crippen molar-refractivity contribution in [3.8, 4) is 0 Å². The molecular weight excluding hydrogens is 200 g/mol. The number of aliphatic hydroxyl groups is 1. The maximum atomic E-state index is 10.3. The van der Waals surface area contributed by atoms with Crippen LogP contribution in [-0.2, 0) is 17.6 Å². The summed E-state index contributed by atoms with van der Waals surface area (Å²) in [5.74, 6) is 0.291. The molecule has 2 nitrogen and oxygen atoms in total. The van der Waals surface area contributed by atoms with Crippen molar-refractivity contribution in [2.45, 2.75) is 31.8 Å². The van der Waals surface area contributed by atoms with Gasteiger partial charge in [-0.3, -0.25) is 0 Å². The van der Waals surface area contributed by atoms with Gasteiger partial charge in [0.25, 0.3) is 0 Å². The summed E-state index contributed by atoms with van der Waals surface area (Å²) in [6.45, 7) is 1.50. The third kappa shape index (κ3) is 1.76. The molecule has 0 radical (unpaired) electrons. The van der Waals surface area contributed by atoms with Crippen LogP contribution in [0.2, 0.25) is 0 Å². The van der Waals surface area contributed by atoms with Gasteiger partial charge in [0.1, 0.15) is 0 Å². The normalized spacial score (nSPS) is 25.7. The van der Waals surface area contributed by atoms with Crippen molar-refractivity contribution in [2.24, 2.45) is 5.92 Å². The quantitative estimate of drug-likeness (QED) is 0.825. The van der Waals surface area contributed by atoms with Crippen molar-refractivity contribution in [1.29, 1.82) is 0 Å². The van der Waals surface area contributed by atoms with Crippen LogP contribution >= 0.6 is 0 Å². The van der Waals surface area contributed by atoms with Crippen LogP contribution in [0.3, 0.4) is 0 Å². The number of hydrogen-bond acceptors (Lipinski definition) is 2. The van der Waals surface area contributed by atoms with Crippen LogP contribution in [0.5, 0.6) is 0 Å². The first-order valence-electron chi connectivity index (χ1n) is 6.22. The minimum atomic E-state index is -0.339. The van der Waals surface area contributed by atoms with E-state index in [1.54, 1.807) is 0 Å². The van der Waals surface area contributed by atoms with Crippen molar-refractivity contribution in [1.82, 2.24) is 0 Å². The fourth-order valence-electron chi connectivity index (χ4n) is 2.85. The van der Waals surface area contributed by atoms with E-state index in [-0.39, 0.29) is 6.10 Å². The van der Waals surface area contributed by atoms with Gasteiger partial charge in [-0.25, -0.2) is 0 Å². The molecule has 1 heterocycles. The number of aryl methyl sites for hydroxylation is 2. The van der Waals surface area contributed by atoms with Crippen molar-refractivity contribution in [3.05, 3.63) is 34.9 Å². The lowest BCUT2D eigenvalue weighted by molar-refractivity contribution is 0.0917. The molecule has 3 rings (SSSR count). The largest absolute Gasteiger partial charge is 0.388 e. The van der Waals surface area contributed by atoms with Crippen LogP contribution in [0.4, 0.5) is 0 Å². The maximum Gasteiger partial charge on any atom is 0.0841 e. The molecule has 1 aromatic carbocycles. The zero-order valence-electron chi connectivity index (χ0n) is 9.48. The summed E-state index contributed by atoms with van der Waals surface area (Å²) in [7, 11) is 0. The molecule has 1 fully saturated rings. The third-order valence-electron chi connectivity index (χ3n) is 3.88. The van der Waals surface area contributed by atoms with Crippen molar-refractivity contribution >= 4 is 0 Å². The highest BCUT2D eigenvalue weighted by Gasteiger charge is 2.26. The monoisotopic (exact) mass is 218 g/mol. The molecule has 16 heavy (non-hydrogen) atoms. The molecule has 0 amide bonds. The van der Waals surface area contributed by atoms with Gasteiger partial charge in [0.05, 0.1) is 12.7 Å². The van der Waals surface area contributed by atoms with Gasteiger partial charge >= 0.3 is 0 Å². The minimum Gasteiger partial charge on any atom is -0.388 e. The number of benzene rings is 1. The van der Waals surface area contributed by atoms with Crippen LogP contribution in [0, 0.1) is 5.92 Å². The van der Waals surface area contributed by atoms with E-state index in [0.717, 1.165) is 18.6 Å². The Morgan fingerprint density at radius 1 is 1.25 bits per heavy atom. The molecule has 0 saturated carbocycles. The number of fused-ring (bicyclic) bond motifs is 1. The molecule has 86 valence electrons. The fraction of sp³-hybridized carbons (Fsp3) is 0.571. The van der Waals surface area contributed by atoms with Crippen LogP contribution in [-0.4, -0.2) is 18.3 Å². The van der Waals surface area contributed by atoms with E-state index < -0.39 is 0 Å². The van der Waals surface area contributed by atoms with E-state index in [4.69, 9.17) is 4.74 Å². The molecule has 0 bridgehead atoms. The molecule has 2 heteroatoms. The average Bonchev–Trinajstić information content (AvgIpc) is 2.98. The highest BCUT2D eigenvalue weighted by atomic mass is 16.5. The average molecular weight is 218 g/mol. The molecule has 1 aromatic rings. The Morgan fingerprint density at radius 2 is 2.12 bits per heavy atom. The van der Waals surface area contributed by atoms with Crippen LogP contribution in [0.15, 0.2) is 18.2 Å². The highest BCUT2D eigenvalue weighted by molar-refractivity contribution is 5.36. The molecule has 2 atom stereocenters. The third-order valence-corrected chi connectivity index (χ3v) is 3.88. The summed E-state index contributed by atoms with van der Waals surface area (Å²) in [6.07, 6.45) is 4.29. The van der Waals surface area contributed by atoms with Crippen LogP contribution in [0.25, 0.3) is 0 Å². The smallest absolute Gasteiger partial charge is 0.0841 e. The second-order valence-corrected chi connectivity index (χ2v) is 4.95. The van der Waals surface area contributed by atoms with Crippen LogP contribution in [0.1, 0.15) is 35.6 Å². The van der Waals surface area contributed by atoms with Crippen LogP contribution < -0.4 is 0 Å². The van der Waals surface area contributed by atoms with Crippen molar-refractivity contribution in [3.63, 3.8) is 0 Å². The zero-order valence-corrected chi connectivity index (χ0v) is 9.48. The topological polar surface area (TPSA) is 29.5 Å². The molecule has 1 aliphatic carbocycles. The Bertz CT molecular complexity index is 380. The summed E-state index contributed by atoms with van der Waals surface area (Å²) in [4.78, 5) is 0. The lowest BCUT2D eigenvalue weighted by Gasteiger charge is -2.17. The van der Waals surface area contributed by atoms with E-state index in [9.17, 15) is 5.11 Å². The second-order valence-electron chi connectivity index (χ2n) is 4.95. The molecule has 0 spiro atoms. The Labute approximate surface area is 96.2 Å². The van der Waals surface area contributed by atoms with Crippen molar-refractivity contribution in [2.75, 3.05) is 13.2 Å². The van der Waals surface area contributed by atoms with E-state index in [1.807, 2.05) is 0 Å². The van der Waals surface area contributed by atoms with E-state index in [1.165, 1.54) is 30.4 Å². The number of hydrogen-bond donors (Lipinski definition) is 1. The first-order valence-corrected chi connectivity index (χ1v) is 6.22. The van der Waals surface area contributed by atoms with Gasteiger partial charge in [-0.2, -0.15) is 0 Å². The number of ether oxygens (including phenoxy) is 1. The van der Waals surface area contributed by atoms with Gasteiger partial charge in [-0.15, -0.1) is 0 Å². The summed E-state index contributed by atoms with van der Waals surface area (Å²) in [5.41, 5.74) is 3.99. The molecule has 2 unspecified atom stereocenters. The SMILES string of the molecule is OC(c1ccc2c(c1)CCC2)C1CCOC1. The second kappa shape index (κ2) is 4.19. The van der Waals surface area contributed by atoms with E-state index in [0.29, 0.717) is 12.5 Å². The van der Waals surface area contributed by atoms with Gasteiger partial charge in [0, 0.05) is 12.5 Å². The van der Waals surface area contributed by atoms with Crippen molar-refractivity contribution < 1.29 is 9.84 Å². The molecule has 2 aliphatic rings. The Morgan fingerprint density at radius 3 is 2.94 bits per heavy atom. The highest BCUT2D eigenvalue weighted by Crippen LogP contribution is 2.31. The Hall–Kier alpha value is -0.860. The molecular formula is C14H18O2. The summed E-state index contributed by atoms with van der Waals surface area (Å²) in [6, 6.07) is 6.48. The maximum absolute atomic E-state index is 10.3. The lowest BCUT2D eigenvalue weighted by atomic mass is 9.93. The minimum absolute atomic E-state index is 0.291. The van der Waals surface area contributed by atoms with E-state index >= 15 is 0 Å². The van der Waals surface area contributed by atoms with Gasteiger partial charge in [0.15, 0.2) is 0 Å². The molecule has 1 aliphatic heterocycles. The van der Waals surface area contributed by atoms with Gasteiger partial charge in [0.2, 0.25) is 0 Å². The van der Waals surface area contributed by atoms with Gasteiger partial charge < -0.3 is 9.84 Å². The zero-order chi connectivity index (χ0) is 11.0. The summed E-state index contributed by atoms with van der Waals surface area (Å²) in [5, 5.41) is 10.3. The molecule has 1 N–H and O–H groups in total. The first-order chi connectivity index (χ1) is 7.84. The van der Waals surface area contributed by atoms with E-state index in [2.05, 4.69) is 18.2 Å². The predicted octanol–water partition coefficient (Wildman–Crippen LogP) is 2.25.